The predicted octanol–water partition coefficient (Wildman–Crippen LogP) is 2.33. The lowest BCUT2D eigenvalue weighted by Gasteiger charge is -2.39. The smallest absolute Gasteiger partial charge is 0.379 e. The number of piperazine rings is 1. The minimum Gasteiger partial charge on any atom is -0.379 e. The van der Waals surface area contributed by atoms with Crippen LogP contribution >= 0.6 is 24.0 Å². The first kappa shape index (κ1) is 24.7. The van der Waals surface area contributed by atoms with Gasteiger partial charge in [0.1, 0.15) is 6.04 Å². The van der Waals surface area contributed by atoms with E-state index in [9.17, 15) is 13.2 Å². The summed E-state index contributed by atoms with van der Waals surface area (Å²) in [6.07, 6.45) is -0.904. The van der Waals surface area contributed by atoms with Crippen molar-refractivity contribution in [1.82, 2.24) is 15.1 Å². The molecule has 2 unspecified atom stereocenters. The zero-order chi connectivity index (χ0) is 19.0. The maximum absolute atomic E-state index is 12.8. The molecule has 2 aliphatic rings. The Morgan fingerprint density at radius 2 is 2.00 bits per heavy atom. The Bertz CT molecular complexity index is 440. The molecule has 0 aromatic heterocycles. The predicted molar refractivity (Wildman–Crippen MR) is 110 cm³/mol. The molecular formula is C17H32F3IN4O2. The van der Waals surface area contributed by atoms with Crippen molar-refractivity contribution >= 4 is 29.9 Å². The summed E-state index contributed by atoms with van der Waals surface area (Å²) in [5.41, 5.74) is 0. The Hall–Kier alpha value is -0.330. The van der Waals surface area contributed by atoms with Crippen molar-refractivity contribution < 1.29 is 22.6 Å². The minimum atomic E-state index is -4.17. The molecule has 2 aliphatic heterocycles. The third kappa shape index (κ3) is 8.28. The molecule has 0 aromatic carbocycles. The van der Waals surface area contributed by atoms with Gasteiger partial charge < -0.3 is 19.7 Å². The van der Waals surface area contributed by atoms with Gasteiger partial charge in [-0.2, -0.15) is 13.2 Å². The molecule has 10 heteroatoms. The Balaban J connectivity index is 0.00000364. The highest BCUT2D eigenvalue weighted by molar-refractivity contribution is 14.0. The first-order chi connectivity index (χ1) is 12.4. The monoisotopic (exact) mass is 508 g/mol. The van der Waals surface area contributed by atoms with E-state index in [2.05, 4.69) is 10.3 Å². The van der Waals surface area contributed by atoms with Crippen molar-refractivity contribution in [1.29, 1.82) is 0 Å². The van der Waals surface area contributed by atoms with E-state index in [1.165, 1.54) is 11.8 Å². The molecule has 2 atom stereocenters. The second kappa shape index (κ2) is 12.3. The summed E-state index contributed by atoms with van der Waals surface area (Å²) < 4.78 is 49.6. The summed E-state index contributed by atoms with van der Waals surface area (Å²) in [4.78, 5) is 7.72. The van der Waals surface area contributed by atoms with Gasteiger partial charge in [-0.15, -0.1) is 24.0 Å². The zero-order valence-corrected chi connectivity index (χ0v) is 18.5. The molecule has 2 fully saturated rings. The number of alkyl halides is 3. The topological polar surface area (TPSA) is 49.3 Å². The van der Waals surface area contributed by atoms with Crippen LogP contribution in [0.5, 0.6) is 0 Å². The number of rotatable bonds is 7. The molecule has 0 saturated carbocycles. The summed E-state index contributed by atoms with van der Waals surface area (Å²) in [6, 6.07) is -1.40. The van der Waals surface area contributed by atoms with Crippen LogP contribution in [0.2, 0.25) is 0 Å². The molecule has 2 saturated heterocycles. The number of guanidine groups is 1. The molecule has 2 rings (SSSR count). The van der Waals surface area contributed by atoms with Gasteiger partial charge in [0.25, 0.3) is 0 Å². The van der Waals surface area contributed by atoms with Gasteiger partial charge in [-0.1, -0.05) is 0 Å². The van der Waals surface area contributed by atoms with Crippen LogP contribution in [0.25, 0.3) is 0 Å². The van der Waals surface area contributed by atoms with Gasteiger partial charge in [0, 0.05) is 53.0 Å². The Kier molecular flexibility index (Phi) is 11.2. The first-order valence-electron chi connectivity index (χ1n) is 9.37. The zero-order valence-electron chi connectivity index (χ0n) is 16.1. The molecule has 0 amide bonds. The van der Waals surface area contributed by atoms with Crippen LogP contribution in [0.3, 0.4) is 0 Å². The molecular weight excluding hydrogens is 476 g/mol. The van der Waals surface area contributed by atoms with E-state index in [0.717, 1.165) is 38.4 Å². The summed E-state index contributed by atoms with van der Waals surface area (Å²) in [6.45, 7) is 5.91. The summed E-state index contributed by atoms with van der Waals surface area (Å²) in [7, 11) is 1.70. The summed E-state index contributed by atoms with van der Waals surface area (Å²) in [5.74, 6) is 0.739. The number of aliphatic imine (C=N–C) groups is 1. The fourth-order valence-electron chi connectivity index (χ4n) is 3.23. The molecule has 1 N–H and O–H groups in total. The SMILES string of the molecule is CN=C(NCCCOCC1CCCO1)N1CCN(C(C)C(F)(F)F)CC1.I. The fraction of sp³-hybridized carbons (Fsp3) is 0.941. The van der Waals surface area contributed by atoms with Crippen LogP contribution in [0.15, 0.2) is 4.99 Å². The van der Waals surface area contributed by atoms with Gasteiger partial charge in [-0.05, 0) is 26.2 Å². The molecule has 0 spiro atoms. The van der Waals surface area contributed by atoms with Crippen LogP contribution in [-0.2, 0) is 9.47 Å². The molecule has 0 aliphatic carbocycles. The summed E-state index contributed by atoms with van der Waals surface area (Å²) in [5, 5.41) is 3.27. The number of halogens is 4. The Labute approximate surface area is 176 Å². The molecule has 27 heavy (non-hydrogen) atoms. The quantitative estimate of drug-likeness (QED) is 0.248. The maximum Gasteiger partial charge on any atom is 0.403 e. The van der Waals surface area contributed by atoms with Crippen LogP contribution in [0, 0.1) is 0 Å². The van der Waals surface area contributed by atoms with Gasteiger partial charge in [0.15, 0.2) is 5.96 Å². The van der Waals surface area contributed by atoms with Crippen molar-refractivity contribution in [3.8, 4) is 0 Å². The Morgan fingerprint density at radius 3 is 2.56 bits per heavy atom. The van der Waals surface area contributed by atoms with Crippen molar-refractivity contribution in [2.75, 3.05) is 59.6 Å². The highest BCUT2D eigenvalue weighted by Crippen LogP contribution is 2.25. The average molecular weight is 508 g/mol. The third-order valence-electron chi connectivity index (χ3n) is 4.92. The highest BCUT2D eigenvalue weighted by atomic mass is 127. The second-order valence-corrected chi connectivity index (χ2v) is 6.78. The van der Waals surface area contributed by atoms with E-state index in [1.54, 1.807) is 7.05 Å². The van der Waals surface area contributed by atoms with Crippen LogP contribution < -0.4 is 5.32 Å². The largest absolute Gasteiger partial charge is 0.403 e. The third-order valence-corrected chi connectivity index (χ3v) is 4.92. The minimum absolute atomic E-state index is 0. The van der Waals surface area contributed by atoms with Crippen LogP contribution in [0.4, 0.5) is 13.2 Å². The molecule has 0 bridgehead atoms. The molecule has 6 nitrogen and oxygen atoms in total. The van der Waals surface area contributed by atoms with Crippen molar-refractivity contribution in [3.63, 3.8) is 0 Å². The average Bonchev–Trinajstić information content (AvgIpc) is 3.13. The lowest BCUT2D eigenvalue weighted by atomic mass is 10.2. The van der Waals surface area contributed by atoms with Crippen molar-refractivity contribution in [2.24, 2.45) is 4.99 Å². The fourth-order valence-corrected chi connectivity index (χ4v) is 3.23. The number of hydrogen-bond acceptors (Lipinski definition) is 4. The molecule has 0 aromatic rings. The lowest BCUT2D eigenvalue weighted by molar-refractivity contribution is -0.181. The maximum atomic E-state index is 12.8. The lowest BCUT2D eigenvalue weighted by Crippen LogP contribution is -2.56. The highest BCUT2D eigenvalue weighted by Gasteiger charge is 2.41. The Morgan fingerprint density at radius 1 is 1.30 bits per heavy atom. The van der Waals surface area contributed by atoms with Gasteiger partial charge in [-0.25, -0.2) is 0 Å². The van der Waals surface area contributed by atoms with E-state index in [0.29, 0.717) is 39.4 Å². The van der Waals surface area contributed by atoms with Crippen LogP contribution in [0.1, 0.15) is 26.2 Å². The van der Waals surface area contributed by atoms with E-state index >= 15 is 0 Å². The van der Waals surface area contributed by atoms with Crippen molar-refractivity contribution in [3.05, 3.63) is 0 Å². The van der Waals surface area contributed by atoms with E-state index in [-0.39, 0.29) is 30.1 Å². The number of nitrogens with zero attached hydrogens (tertiary/aromatic N) is 3. The second-order valence-electron chi connectivity index (χ2n) is 6.78. The van der Waals surface area contributed by atoms with Crippen molar-refractivity contribution in [2.45, 2.75) is 44.5 Å². The number of hydrogen-bond donors (Lipinski definition) is 1. The molecule has 160 valence electrons. The standard InChI is InChI=1S/C17H31F3N4O2.HI/c1-14(17(18,19)20)23-7-9-24(10-8-23)16(21-2)22-6-4-11-25-13-15-5-3-12-26-15;/h14-15H,3-13H2,1-2H3,(H,21,22);1H. The number of ether oxygens (including phenoxy) is 2. The molecule has 0 radical (unpaired) electrons. The number of nitrogens with one attached hydrogen (secondary N) is 1. The first-order valence-corrected chi connectivity index (χ1v) is 9.37. The normalized spacial score (nSPS) is 23.2. The van der Waals surface area contributed by atoms with Gasteiger partial charge in [0.05, 0.1) is 12.7 Å². The molecule has 2 heterocycles. The van der Waals surface area contributed by atoms with Gasteiger partial charge in [-0.3, -0.25) is 9.89 Å². The van der Waals surface area contributed by atoms with Gasteiger partial charge >= 0.3 is 6.18 Å². The van der Waals surface area contributed by atoms with E-state index in [1.807, 2.05) is 4.90 Å². The van der Waals surface area contributed by atoms with Gasteiger partial charge in [0.2, 0.25) is 0 Å². The summed E-state index contributed by atoms with van der Waals surface area (Å²) >= 11 is 0. The van der Waals surface area contributed by atoms with E-state index < -0.39 is 12.2 Å². The van der Waals surface area contributed by atoms with Crippen LogP contribution in [-0.4, -0.2) is 93.7 Å². The van der Waals surface area contributed by atoms with E-state index in [4.69, 9.17) is 9.47 Å².